The zero-order chi connectivity index (χ0) is 20.1. The third-order valence-electron chi connectivity index (χ3n) is 4.48. The van der Waals surface area contributed by atoms with Crippen molar-refractivity contribution in [2.75, 3.05) is 0 Å². The van der Waals surface area contributed by atoms with E-state index in [1.807, 2.05) is 0 Å². The Kier molecular flexibility index (Phi) is 6.12. The first-order valence-corrected chi connectivity index (χ1v) is 8.21. The third kappa shape index (κ3) is 4.41. The van der Waals surface area contributed by atoms with E-state index in [1.54, 1.807) is 30.3 Å². The number of carbonyl (C=O) groups excluding carboxylic acids is 2. The SMILES string of the molecule is CC(=O)[C@H](C(=O)c1ccccc1)[C@H](c1ccc([N+](=O)[O-])cc1)[C@H](C)[N+](=O)[O-]. The molecule has 2 aromatic rings. The fourth-order valence-electron chi connectivity index (χ4n) is 3.08. The molecule has 2 rings (SSSR count). The van der Waals surface area contributed by atoms with Crippen LogP contribution in [0.2, 0.25) is 0 Å². The number of benzene rings is 2. The highest BCUT2D eigenvalue weighted by atomic mass is 16.6. The van der Waals surface area contributed by atoms with Crippen LogP contribution in [0.4, 0.5) is 5.69 Å². The molecule has 0 radical (unpaired) electrons. The van der Waals surface area contributed by atoms with Crippen LogP contribution >= 0.6 is 0 Å². The smallest absolute Gasteiger partial charge is 0.269 e. The van der Waals surface area contributed by atoms with Gasteiger partial charge in [0.05, 0.1) is 16.8 Å². The zero-order valence-corrected chi connectivity index (χ0v) is 14.8. The highest BCUT2D eigenvalue weighted by Crippen LogP contribution is 2.34. The Labute approximate surface area is 155 Å². The van der Waals surface area contributed by atoms with E-state index in [-0.39, 0.29) is 11.3 Å². The van der Waals surface area contributed by atoms with E-state index in [0.717, 1.165) is 0 Å². The molecule has 0 heterocycles. The lowest BCUT2D eigenvalue weighted by Crippen LogP contribution is -2.37. The van der Waals surface area contributed by atoms with Crippen LogP contribution < -0.4 is 0 Å². The van der Waals surface area contributed by atoms with Crippen molar-refractivity contribution in [1.29, 1.82) is 0 Å². The van der Waals surface area contributed by atoms with Crippen molar-refractivity contribution in [3.63, 3.8) is 0 Å². The molecule has 0 saturated heterocycles. The van der Waals surface area contributed by atoms with E-state index in [9.17, 15) is 29.8 Å². The van der Waals surface area contributed by atoms with Crippen molar-refractivity contribution in [2.45, 2.75) is 25.8 Å². The fourth-order valence-corrected chi connectivity index (χ4v) is 3.08. The molecule has 8 nitrogen and oxygen atoms in total. The van der Waals surface area contributed by atoms with Gasteiger partial charge in [-0.05, 0) is 12.5 Å². The van der Waals surface area contributed by atoms with Crippen molar-refractivity contribution in [3.05, 3.63) is 86.0 Å². The molecule has 0 amide bonds. The number of carbonyl (C=O) groups is 2. The number of Topliss-reactive ketones (excluding diaryl/α,β-unsaturated/α-hetero) is 2. The van der Waals surface area contributed by atoms with Crippen LogP contribution in [0, 0.1) is 26.1 Å². The van der Waals surface area contributed by atoms with Crippen molar-refractivity contribution in [1.82, 2.24) is 0 Å². The summed E-state index contributed by atoms with van der Waals surface area (Å²) in [4.78, 5) is 46.4. The van der Waals surface area contributed by atoms with Gasteiger partial charge in [0.25, 0.3) is 5.69 Å². The van der Waals surface area contributed by atoms with Gasteiger partial charge in [0.2, 0.25) is 6.04 Å². The number of hydrogen-bond acceptors (Lipinski definition) is 6. The summed E-state index contributed by atoms with van der Waals surface area (Å²) in [6.45, 7) is 2.54. The summed E-state index contributed by atoms with van der Waals surface area (Å²) in [5, 5.41) is 22.3. The Morgan fingerprint density at radius 2 is 1.48 bits per heavy atom. The van der Waals surface area contributed by atoms with Crippen molar-refractivity contribution >= 4 is 17.3 Å². The highest BCUT2D eigenvalue weighted by molar-refractivity contribution is 6.10. The molecule has 0 saturated carbocycles. The molecular formula is C19H18N2O6. The first-order valence-electron chi connectivity index (χ1n) is 8.21. The average Bonchev–Trinajstić information content (AvgIpc) is 2.65. The number of nitrogens with zero attached hydrogens (tertiary/aromatic N) is 2. The van der Waals surface area contributed by atoms with E-state index in [1.165, 1.54) is 38.1 Å². The monoisotopic (exact) mass is 370 g/mol. The van der Waals surface area contributed by atoms with Gasteiger partial charge in [-0.3, -0.25) is 29.8 Å². The number of nitro groups is 2. The minimum absolute atomic E-state index is 0.181. The molecule has 0 aliphatic heterocycles. The molecule has 3 atom stereocenters. The molecule has 27 heavy (non-hydrogen) atoms. The van der Waals surface area contributed by atoms with Gasteiger partial charge < -0.3 is 0 Å². The van der Waals surface area contributed by atoms with Crippen LogP contribution in [-0.2, 0) is 4.79 Å². The van der Waals surface area contributed by atoms with Gasteiger partial charge in [-0.15, -0.1) is 0 Å². The lowest BCUT2D eigenvalue weighted by atomic mass is 9.75. The normalized spacial score (nSPS) is 14.0. The van der Waals surface area contributed by atoms with E-state index >= 15 is 0 Å². The summed E-state index contributed by atoms with van der Waals surface area (Å²) >= 11 is 0. The third-order valence-corrected chi connectivity index (χ3v) is 4.48. The first-order chi connectivity index (χ1) is 12.7. The molecule has 0 spiro atoms. The maximum absolute atomic E-state index is 13.0. The molecule has 2 aromatic carbocycles. The Morgan fingerprint density at radius 3 is 1.93 bits per heavy atom. The molecule has 0 N–H and O–H groups in total. The lowest BCUT2D eigenvalue weighted by Gasteiger charge is -2.25. The summed E-state index contributed by atoms with van der Waals surface area (Å²) in [5.74, 6) is -3.33. The molecule has 8 heteroatoms. The van der Waals surface area contributed by atoms with Crippen LogP contribution in [0.15, 0.2) is 54.6 Å². The highest BCUT2D eigenvalue weighted by Gasteiger charge is 2.42. The summed E-state index contributed by atoms with van der Waals surface area (Å²) in [5.41, 5.74) is 0.425. The van der Waals surface area contributed by atoms with Gasteiger partial charge in [-0.1, -0.05) is 42.5 Å². The largest absolute Gasteiger partial charge is 0.299 e. The molecule has 0 bridgehead atoms. The van der Waals surface area contributed by atoms with Crippen LogP contribution in [0.5, 0.6) is 0 Å². The molecule has 0 fully saturated rings. The van der Waals surface area contributed by atoms with E-state index < -0.39 is 39.3 Å². The maximum Gasteiger partial charge on any atom is 0.269 e. The maximum atomic E-state index is 13.0. The van der Waals surface area contributed by atoms with Gasteiger partial charge in [0, 0.05) is 29.5 Å². The Hall–Kier alpha value is -3.42. The van der Waals surface area contributed by atoms with Crippen LogP contribution in [0.25, 0.3) is 0 Å². The van der Waals surface area contributed by atoms with Crippen molar-refractivity contribution in [2.24, 2.45) is 5.92 Å². The van der Waals surface area contributed by atoms with E-state index in [2.05, 4.69) is 0 Å². The second-order valence-corrected chi connectivity index (χ2v) is 6.22. The zero-order valence-electron chi connectivity index (χ0n) is 14.8. The van der Waals surface area contributed by atoms with Crippen LogP contribution in [-0.4, -0.2) is 27.5 Å². The molecule has 0 aromatic heterocycles. The molecule has 0 aliphatic carbocycles. The Balaban J connectivity index is 2.55. The number of hydrogen-bond donors (Lipinski definition) is 0. The molecule has 0 unspecified atom stereocenters. The van der Waals surface area contributed by atoms with Crippen LogP contribution in [0.3, 0.4) is 0 Å². The predicted octanol–water partition coefficient (Wildman–Crippen LogP) is 3.43. The van der Waals surface area contributed by atoms with Crippen molar-refractivity contribution in [3.8, 4) is 0 Å². The summed E-state index contributed by atoms with van der Waals surface area (Å²) in [7, 11) is 0. The number of nitro benzene ring substituents is 1. The minimum atomic E-state index is -1.27. The fraction of sp³-hybridized carbons (Fsp3) is 0.263. The number of ketones is 2. The summed E-state index contributed by atoms with van der Waals surface area (Å²) < 4.78 is 0. The second kappa shape index (κ2) is 8.31. The predicted molar refractivity (Wildman–Crippen MR) is 97.2 cm³/mol. The van der Waals surface area contributed by atoms with Gasteiger partial charge >= 0.3 is 0 Å². The van der Waals surface area contributed by atoms with Gasteiger partial charge in [-0.25, -0.2) is 0 Å². The lowest BCUT2D eigenvalue weighted by molar-refractivity contribution is -0.523. The van der Waals surface area contributed by atoms with Crippen LogP contribution in [0.1, 0.15) is 35.7 Å². The Morgan fingerprint density at radius 1 is 0.926 bits per heavy atom. The summed E-state index contributed by atoms with van der Waals surface area (Å²) in [6.07, 6.45) is 0. The standard InChI is InChI=1S/C19H18N2O6/c1-12(20(24)25)17(14-8-10-16(11-9-14)21(26)27)18(13(2)22)19(23)15-6-4-3-5-7-15/h3-12,17-18H,1-2H3/t12-,17-,18-/m0/s1. The topological polar surface area (TPSA) is 120 Å². The Bertz CT molecular complexity index is 864. The molecule has 0 aliphatic rings. The summed E-state index contributed by atoms with van der Waals surface area (Å²) in [6, 6.07) is 12.0. The second-order valence-electron chi connectivity index (χ2n) is 6.22. The molecular weight excluding hydrogens is 352 g/mol. The minimum Gasteiger partial charge on any atom is -0.299 e. The van der Waals surface area contributed by atoms with Gasteiger partial charge in [0.1, 0.15) is 5.78 Å². The van der Waals surface area contributed by atoms with Gasteiger partial charge in [0.15, 0.2) is 5.78 Å². The molecule has 140 valence electrons. The first kappa shape index (κ1) is 19.9. The quantitative estimate of drug-likeness (QED) is 0.304. The number of non-ortho nitro benzene ring substituents is 1. The van der Waals surface area contributed by atoms with Gasteiger partial charge in [-0.2, -0.15) is 0 Å². The van der Waals surface area contributed by atoms with E-state index in [0.29, 0.717) is 5.56 Å². The average molecular weight is 370 g/mol. The number of rotatable bonds is 8. The van der Waals surface area contributed by atoms with Crippen molar-refractivity contribution < 1.29 is 19.4 Å². The van der Waals surface area contributed by atoms with E-state index in [4.69, 9.17) is 0 Å².